The lowest BCUT2D eigenvalue weighted by Gasteiger charge is -2.22. The highest BCUT2D eigenvalue weighted by Crippen LogP contribution is 2.29. The number of aliphatic hydroxyl groups excluding tert-OH is 1. The Morgan fingerprint density at radius 2 is 2.14 bits per heavy atom. The Bertz CT molecular complexity index is 564. The number of ether oxygens (including phenoxy) is 2. The highest BCUT2D eigenvalue weighted by molar-refractivity contribution is 7.15. The smallest absolute Gasteiger partial charge is 0.158 e. The van der Waals surface area contributed by atoms with E-state index in [1.54, 1.807) is 0 Å². The van der Waals surface area contributed by atoms with Gasteiger partial charge in [0, 0.05) is 12.2 Å². The third-order valence-corrected chi connectivity index (χ3v) is 4.62. The van der Waals surface area contributed by atoms with Crippen LogP contribution in [0.5, 0.6) is 0 Å². The zero-order valence-corrected chi connectivity index (χ0v) is 12.6. The van der Waals surface area contributed by atoms with Crippen molar-refractivity contribution in [3.05, 3.63) is 40.9 Å². The zero-order chi connectivity index (χ0) is 14.5. The summed E-state index contributed by atoms with van der Waals surface area (Å²) in [6, 6.07) is 10.0. The maximum atomic E-state index is 9.50. The molecule has 1 unspecified atom stereocenters. The summed E-state index contributed by atoms with van der Waals surface area (Å²) in [5.74, 6) is 0. The van der Waals surface area contributed by atoms with Gasteiger partial charge < -0.3 is 14.6 Å². The van der Waals surface area contributed by atoms with Gasteiger partial charge in [0.15, 0.2) is 6.29 Å². The molecule has 0 saturated carbocycles. The van der Waals surface area contributed by atoms with Gasteiger partial charge in [-0.1, -0.05) is 30.3 Å². The molecular formula is C16H19NO3S. The van der Waals surface area contributed by atoms with Crippen LogP contribution in [0, 0.1) is 0 Å². The molecule has 112 valence electrons. The summed E-state index contributed by atoms with van der Waals surface area (Å²) in [4.78, 5) is 5.48. The summed E-state index contributed by atoms with van der Waals surface area (Å²) in [5.41, 5.74) is 1.88. The van der Waals surface area contributed by atoms with Crippen molar-refractivity contribution in [2.24, 2.45) is 0 Å². The average Bonchev–Trinajstić information content (AvgIpc) is 2.98. The molecule has 1 aromatic carbocycles. The van der Waals surface area contributed by atoms with Gasteiger partial charge in [-0.3, -0.25) is 0 Å². The van der Waals surface area contributed by atoms with E-state index in [0.29, 0.717) is 6.61 Å². The minimum absolute atomic E-state index is 0.00524. The zero-order valence-electron chi connectivity index (χ0n) is 11.8. The number of rotatable bonds is 5. The van der Waals surface area contributed by atoms with Crippen LogP contribution < -0.4 is 0 Å². The molecule has 1 N–H and O–H groups in total. The van der Waals surface area contributed by atoms with Crippen molar-refractivity contribution in [1.82, 2.24) is 4.98 Å². The van der Waals surface area contributed by atoms with Gasteiger partial charge in [0.1, 0.15) is 5.01 Å². The van der Waals surface area contributed by atoms with E-state index in [4.69, 9.17) is 9.47 Å². The molecule has 5 heteroatoms. The summed E-state index contributed by atoms with van der Waals surface area (Å²) < 4.78 is 11.3. The second kappa shape index (κ2) is 7.13. The van der Waals surface area contributed by atoms with Crippen molar-refractivity contribution < 1.29 is 14.6 Å². The van der Waals surface area contributed by atoms with Crippen molar-refractivity contribution in [2.75, 3.05) is 6.61 Å². The standard InChI is InChI=1S/C16H19NO3S/c18-10-14-13(11-20-15-8-4-5-9-19-15)17-16(21-14)12-6-2-1-3-7-12/h1-3,6-7,15,18H,4-5,8-11H2. The minimum atomic E-state index is -0.132. The third kappa shape index (κ3) is 3.68. The maximum absolute atomic E-state index is 9.50. The predicted octanol–water partition coefficient (Wildman–Crippen LogP) is 3.35. The average molecular weight is 305 g/mol. The molecule has 0 radical (unpaired) electrons. The molecule has 1 aliphatic heterocycles. The molecule has 1 aromatic heterocycles. The fourth-order valence-electron chi connectivity index (χ4n) is 2.34. The van der Waals surface area contributed by atoms with Gasteiger partial charge in [-0.15, -0.1) is 11.3 Å². The second-order valence-corrected chi connectivity index (χ2v) is 6.10. The van der Waals surface area contributed by atoms with Crippen LogP contribution in [0.15, 0.2) is 30.3 Å². The largest absolute Gasteiger partial charge is 0.391 e. The molecule has 1 aliphatic rings. The van der Waals surface area contributed by atoms with Gasteiger partial charge in [0.25, 0.3) is 0 Å². The van der Waals surface area contributed by atoms with Gasteiger partial charge in [-0.05, 0) is 19.3 Å². The molecule has 1 atom stereocenters. The van der Waals surface area contributed by atoms with Crippen LogP contribution in [0.1, 0.15) is 29.8 Å². The van der Waals surface area contributed by atoms with Gasteiger partial charge >= 0.3 is 0 Å². The molecule has 3 rings (SSSR count). The lowest BCUT2D eigenvalue weighted by atomic mass is 10.2. The van der Waals surface area contributed by atoms with Crippen LogP contribution in [0.2, 0.25) is 0 Å². The van der Waals surface area contributed by atoms with Gasteiger partial charge in [0.2, 0.25) is 0 Å². The molecule has 0 amide bonds. The Hall–Kier alpha value is -1.27. The number of nitrogens with zero attached hydrogens (tertiary/aromatic N) is 1. The van der Waals surface area contributed by atoms with Crippen molar-refractivity contribution in [3.8, 4) is 10.6 Å². The van der Waals surface area contributed by atoms with E-state index >= 15 is 0 Å². The highest BCUT2D eigenvalue weighted by Gasteiger charge is 2.17. The second-order valence-electron chi connectivity index (χ2n) is 5.02. The quantitative estimate of drug-likeness (QED) is 0.920. The molecule has 0 bridgehead atoms. The first kappa shape index (κ1) is 14.7. The third-order valence-electron chi connectivity index (χ3n) is 3.49. The van der Waals surface area contributed by atoms with E-state index in [9.17, 15) is 5.11 Å². The van der Waals surface area contributed by atoms with E-state index < -0.39 is 0 Å². The number of aromatic nitrogens is 1. The molecule has 1 fully saturated rings. The van der Waals surface area contributed by atoms with Gasteiger partial charge in [-0.2, -0.15) is 0 Å². The number of hydrogen-bond acceptors (Lipinski definition) is 5. The summed E-state index contributed by atoms with van der Waals surface area (Å²) in [7, 11) is 0. The van der Waals surface area contributed by atoms with Crippen molar-refractivity contribution >= 4 is 11.3 Å². The van der Waals surface area contributed by atoms with Crippen LogP contribution in [0.4, 0.5) is 0 Å². The van der Waals surface area contributed by atoms with E-state index in [1.807, 2.05) is 30.3 Å². The molecule has 2 heterocycles. The van der Waals surface area contributed by atoms with E-state index in [2.05, 4.69) is 4.98 Å². The Labute approximate surface area is 128 Å². The number of benzene rings is 1. The van der Waals surface area contributed by atoms with Crippen LogP contribution in [0.3, 0.4) is 0 Å². The van der Waals surface area contributed by atoms with Crippen LogP contribution in [0.25, 0.3) is 10.6 Å². The maximum Gasteiger partial charge on any atom is 0.158 e. The molecule has 1 saturated heterocycles. The molecule has 0 aliphatic carbocycles. The van der Waals surface area contributed by atoms with E-state index in [-0.39, 0.29) is 12.9 Å². The first-order valence-corrected chi connectivity index (χ1v) is 8.06. The Morgan fingerprint density at radius 3 is 2.86 bits per heavy atom. The number of thiazole rings is 1. The number of aliphatic hydroxyl groups is 1. The topological polar surface area (TPSA) is 51.6 Å². The van der Waals surface area contributed by atoms with Crippen molar-refractivity contribution in [2.45, 2.75) is 38.8 Å². The lowest BCUT2D eigenvalue weighted by molar-refractivity contribution is -0.169. The monoisotopic (exact) mass is 305 g/mol. The van der Waals surface area contributed by atoms with Crippen LogP contribution in [-0.4, -0.2) is 23.0 Å². The molecule has 4 nitrogen and oxygen atoms in total. The van der Waals surface area contributed by atoms with E-state index in [0.717, 1.165) is 47.0 Å². The Balaban J connectivity index is 1.71. The molecule has 21 heavy (non-hydrogen) atoms. The Kier molecular flexibility index (Phi) is 4.98. The fraction of sp³-hybridized carbons (Fsp3) is 0.438. The molecular weight excluding hydrogens is 286 g/mol. The van der Waals surface area contributed by atoms with Crippen molar-refractivity contribution in [3.63, 3.8) is 0 Å². The minimum Gasteiger partial charge on any atom is -0.391 e. The van der Waals surface area contributed by atoms with Crippen molar-refractivity contribution in [1.29, 1.82) is 0 Å². The SMILES string of the molecule is OCc1sc(-c2ccccc2)nc1COC1CCCCO1. The summed E-state index contributed by atoms with van der Waals surface area (Å²) >= 11 is 1.52. The molecule has 0 spiro atoms. The predicted molar refractivity (Wildman–Crippen MR) is 81.9 cm³/mol. The summed E-state index contributed by atoms with van der Waals surface area (Å²) in [6.45, 7) is 1.16. The summed E-state index contributed by atoms with van der Waals surface area (Å²) in [5, 5.41) is 10.4. The van der Waals surface area contributed by atoms with Gasteiger partial charge in [-0.25, -0.2) is 4.98 Å². The van der Waals surface area contributed by atoms with Crippen LogP contribution in [-0.2, 0) is 22.7 Å². The first-order valence-electron chi connectivity index (χ1n) is 7.25. The van der Waals surface area contributed by atoms with Gasteiger partial charge in [0.05, 0.1) is 23.8 Å². The van der Waals surface area contributed by atoms with E-state index in [1.165, 1.54) is 11.3 Å². The molecule has 2 aromatic rings. The number of hydrogen-bond donors (Lipinski definition) is 1. The summed E-state index contributed by atoms with van der Waals surface area (Å²) in [6.07, 6.45) is 3.05. The Morgan fingerprint density at radius 1 is 1.29 bits per heavy atom. The normalized spacial score (nSPS) is 18.8. The fourth-order valence-corrected chi connectivity index (χ4v) is 3.27. The first-order chi connectivity index (χ1) is 10.4. The lowest BCUT2D eigenvalue weighted by Crippen LogP contribution is -2.22. The highest BCUT2D eigenvalue weighted by atomic mass is 32.1. The van der Waals surface area contributed by atoms with Crippen LogP contribution >= 0.6 is 11.3 Å².